The molecule has 0 radical (unpaired) electrons. The van der Waals surface area contributed by atoms with Gasteiger partial charge in [0.05, 0.1) is 0 Å². The molecule has 0 saturated heterocycles. The van der Waals surface area contributed by atoms with E-state index in [2.05, 4.69) is 31.2 Å². The van der Waals surface area contributed by atoms with Crippen LogP contribution in [0.4, 0.5) is 0 Å². The molecule has 0 atom stereocenters. The summed E-state index contributed by atoms with van der Waals surface area (Å²) >= 11 is 6.21. The Labute approximate surface area is 119 Å². The molecule has 0 heterocycles. The van der Waals surface area contributed by atoms with Crippen molar-refractivity contribution >= 4 is 17.9 Å². The molecule has 0 bridgehead atoms. The van der Waals surface area contributed by atoms with E-state index in [1.165, 1.54) is 18.4 Å². The Morgan fingerprint density at radius 3 is 2.42 bits per heavy atom. The molecule has 0 aliphatic carbocycles. The third-order valence-electron chi connectivity index (χ3n) is 3.21. The van der Waals surface area contributed by atoms with Gasteiger partial charge < -0.3 is 0 Å². The van der Waals surface area contributed by atoms with Crippen LogP contribution in [0.2, 0.25) is 5.02 Å². The van der Waals surface area contributed by atoms with Gasteiger partial charge in [0, 0.05) is 16.1 Å². The Hall–Kier alpha value is -1.60. The molecule has 2 aromatic carbocycles. The number of carbonyl (C=O) groups is 1. The van der Waals surface area contributed by atoms with Crippen LogP contribution in [0.1, 0.15) is 35.7 Å². The van der Waals surface area contributed by atoms with Crippen LogP contribution in [0, 0.1) is 0 Å². The lowest BCUT2D eigenvalue weighted by Gasteiger charge is -2.07. The van der Waals surface area contributed by atoms with E-state index in [0.717, 1.165) is 23.8 Å². The summed E-state index contributed by atoms with van der Waals surface area (Å²) in [6.45, 7) is 2.20. The maximum absolute atomic E-state index is 10.7. The van der Waals surface area contributed by atoms with Gasteiger partial charge in [-0.2, -0.15) is 0 Å². The molecular formula is C17H17ClO. The first kappa shape index (κ1) is 13.8. The van der Waals surface area contributed by atoms with Gasteiger partial charge in [0.15, 0.2) is 0 Å². The van der Waals surface area contributed by atoms with Crippen LogP contribution >= 0.6 is 11.6 Å². The van der Waals surface area contributed by atoms with Gasteiger partial charge in [-0.25, -0.2) is 0 Å². The highest BCUT2D eigenvalue weighted by Crippen LogP contribution is 2.28. The van der Waals surface area contributed by atoms with Crippen LogP contribution in [-0.4, -0.2) is 6.29 Å². The minimum absolute atomic E-state index is 0.605. The van der Waals surface area contributed by atoms with Crippen molar-refractivity contribution in [1.29, 1.82) is 0 Å². The number of aldehydes is 1. The number of unbranched alkanes of at least 4 members (excludes halogenated alkanes) is 1. The summed E-state index contributed by atoms with van der Waals surface area (Å²) in [5.74, 6) is 0. The summed E-state index contributed by atoms with van der Waals surface area (Å²) < 4.78 is 0. The fourth-order valence-corrected chi connectivity index (χ4v) is 2.37. The third kappa shape index (κ3) is 3.45. The lowest BCUT2D eigenvalue weighted by Crippen LogP contribution is -1.87. The summed E-state index contributed by atoms with van der Waals surface area (Å²) in [7, 11) is 0. The van der Waals surface area contributed by atoms with E-state index in [0.29, 0.717) is 10.6 Å². The normalized spacial score (nSPS) is 10.4. The van der Waals surface area contributed by atoms with E-state index in [4.69, 9.17) is 11.6 Å². The average molecular weight is 273 g/mol. The van der Waals surface area contributed by atoms with E-state index in [9.17, 15) is 4.79 Å². The molecule has 0 saturated carbocycles. The first-order valence-electron chi connectivity index (χ1n) is 6.58. The highest BCUT2D eigenvalue weighted by molar-refractivity contribution is 6.33. The van der Waals surface area contributed by atoms with Crippen molar-refractivity contribution in [3.05, 3.63) is 58.6 Å². The lowest BCUT2D eigenvalue weighted by atomic mass is 10.0. The van der Waals surface area contributed by atoms with Gasteiger partial charge in [-0.15, -0.1) is 0 Å². The second-order valence-electron chi connectivity index (χ2n) is 4.66. The Morgan fingerprint density at radius 2 is 1.84 bits per heavy atom. The molecule has 0 aromatic heterocycles. The molecule has 0 aliphatic rings. The predicted molar refractivity (Wildman–Crippen MR) is 80.9 cm³/mol. The zero-order chi connectivity index (χ0) is 13.7. The topological polar surface area (TPSA) is 17.1 Å². The fraction of sp³-hybridized carbons (Fsp3) is 0.235. The Morgan fingerprint density at radius 1 is 1.11 bits per heavy atom. The van der Waals surface area contributed by atoms with Crippen LogP contribution in [-0.2, 0) is 6.42 Å². The standard InChI is InChI=1S/C17H17ClO/c1-2-3-4-13-5-8-15(9-6-13)16-10-7-14(12-19)11-17(16)18/h5-12H,2-4H2,1H3. The van der Waals surface area contributed by atoms with Crippen LogP contribution in [0.25, 0.3) is 11.1 Å². The number of hydrogen-bond donors (Lipinski definition) is 0. The largest absolute Gasteiger partial charge is 0.298 e. The molecule has 2 rings (SSSR count). The molecule has 1 nitrogen and oxygen atoms in total. The summed E-state index contributed by atoms with van der Waals surface area (Å²) in [6.07, 6.45) is 4.35. The number of halogens is 1. The number of benzene rings is 2. The summed E-state index contributed by atoms with van der Waals surface area (Å²) in [4.78, 5) is 10.7. The Kier molecular flexibility index (Phi) is 4.75. The summed E-state index contributed by atoms with van der Waals surface area (Å²) in [5.41, 5.74) is 4.01. The number of carbonyl (C=O) groups excluding carboxylic acids is 1. The van der Waals surface area contributed by atoms with Gasteiger partial charge in [0.25, 0.3) is 0 Å². The number of hydrogen-bond acceptors (Lipinski definition) is 1. The SMILES string of the molecule is CCCCc1ccc(-c2ccc(C=O)cc2Cl)cc1. The van der Waals surface area contributed by atoms with Crippen molar-refractivity contribution in [2.45, 2.75) is 26.2 Å². The van der Waals surface area contributed by atoms with Gasteiger partial charge in [-0.3, -0.25) is 4.79 Å². The molecule has 0 N–H and O–H groups in total. The molecule has 0 aliphatic heterocycles. The molecule has 98 valence electrons. The Balaban J connectivity index is 2.24. The van der Waals surface area contributed by atoms with E-state index < -0.39 is 0 Å². The second kappa shape index (κ2) is 6.53. The first-order valence-corrected chi connectivity index (χ1v) is 6.96. The monoisotopic (exact) mass is 272 g/mol. The van der Waals surface area contributed by atoms with Gasteiger partial charge in [-0.05, 0) is 30.0 Å². The summed E-state index contributed by atoms with van der Waals surface area (Å²) in [5, 5.41) is 0.617. The predicted octanol–water partition coefficient (Wildman–Crippen LogP) is 5.16. The zero-order valence-corrected chi connectivity index (χ0v) is 11.8. The maximum Gasteiger partial charge on any atom is 0.150 e. The highest BCUT2D eigenvalue weighted by atomic mass is 35.5. The molecule has 2 heteroatoms. The first-order chi connectivity index (χ1) is 9.24. The van der Waals surface area contributed by atoms with Crippen molar-refractivity contribution in [3.63, 3.8) is 0 Å². The average Bonchev–Trinajstić information content (AvgIpc) is 2.45. The molecule has 2 aromatic rings. The van der Waals surface area contributed by atoms with Gasteiger partial charge >= 0.3 is 0 Å². The van der Waals surface area contributed by atoms with Crippen molar-refractivity contribution in [2.75, 3.05) is 0 Å². The van der Waals surface area contributed by atoms with Crippen molar-refractivity contribution in [2.24, 2.45) is 0 Å². The van der Waals surface area contributed by atoms with Crippen LogP contribution in [0.3, 0.4) is 0 Å². The van der Waals surface area contributed by atoms with Crippen molar-refractivity contribution < 1.29 is 4.79 Å². The second-order valence-corrected chi connectivity index (χ2v) is 5.06. The van der Waals surface area contributed by atoms with Gasteiger partial charge in [-0.1, -0.05) is 61.3 Å². The minimum Gasteiger partial charge on any atom is -0.298 e. The van der Waals surface area contributed by atoms with Crippen LogP contribution in [0.5, 0.6) is 0 Å². The third-order valence-corrected chi connectivity index (χ3v) is 3.53. The smallest absolute Gasteiger partial charge is 0.150 e. The minimum atomic E-state index is 0.605. The number of aryl methyl sites for hydroxylation is 1. The van der Waals surface area contributed by atoms with Gasteiger partial charge in [0.2, 0.25) is 0 Å². The molecule has 0 spiro atoms. The molecule has 19 heavy (non-hydrogen) atoms. The summed E-state index contributed by atoms with van der Waals surface area (Å²) in [6, 6.07) is 13.9. The van der Waals surface area contributed by atoms with Crippen LogP contribution < -0.4 is 0 Å². The molecular weight excluding hydrogens is 256 g/mol. The highest BCUT2D eigenvalue weighted by Gasteiger charge is 2.04. The zero-order valence-electron chi connectivity index (χ0n) is 11.0. The lowest BCUT2D eigenvalue weighted by molar-refractivity contribution is 0.112. The van der Waals surface area contributed by atoms with Crippen molar-refractivity contribution in [1.82, 2.24) is 0 Å². The van der Waals surface area contributed by atoms with E-state index >= 15 is 0 Å². The van der Waals surface area contributed by atoms with Crippen LogP contribution in [0.15, 0.2) is 42.5 Å². The quantitative estimate of drug-likeness (QED) is 0.687. The van der Waals surface area contributed by atoms with E-state index in [-0.39, 0.29) is 0 Å². The van der Waals surface area contributed by atoms with Gasteiger partial charge in [0.1, 0.15) is 6.29 Å². The Bertz CT molecular complexity index is 558. The molecule has 0 fully saturated rings. The fourth-order valence-electron chi connectivity index (χ4n) is 2.07. The van der Waals surface area contributed by atoms with E-state index in [1.807, 2.05) is 6.07 Å². The van der Waals surface area contributed by atoms with E-state index in [1.54, 1.807) is 12.1 Å². The molecule has 0 unspecified atom stereocenters. The molecule has 0 amide bonds. The number of rotatable bonds is 5. The maximum atomic E-state index is 10.7. The van der Waals surface area contributed by atoms with Crippen molar-refractivity contribution in [3.8, 4) is 11.1 Å².